The van der Waals surface area contributed by atoms with Gasteiger partial charge in [0, 0.05) is 18.0 Å². The van der Waals surface area contributed by atoms with Crippen LogP contribution in [0.1, 0.15) is 17.5 Å². The Kier molecular flexibility index (Phi) is 8.47. The predicted octanol–water partition coefficient (Wildman–Crippen LogP) is 6.69. The summed E-state index contributed by atoms with van der Waals surface area (Å²) in [5, 5.41) is 5.47. The van der Waals surface area contributed by atoms with Crippen LogP contribution in [0.25, 0.3) is 10.9 Å². The first-order chi connectivity index (χ1) is 16.6. The topological polar surface area (TPSA) is 52.6 Å². The second-order valence-corrected chi connectivity index (χ2v) is 8.55. The summed E-state index contributed by atoms with van der Waals surface area (Å²) in [5.41, 5.74) is 2.98. The van der Waals surface area contributed by atoms with Crippen molar-refractivity contribution < 1.29 is 14.2 Å². The van der Waals surface area contributed by atoms with E-state index in [0.29, 0.717) is 35.7 Å². The van der Waals surface area contributed by atoms with Crippen LogP contribution in [0.3, 0.4) is 0 Å². The second kappa shape index (κ2) is 11.9. The zero-order chi connectivity index (χ0) is 23.8. The fraction of sp³-hybridized carbons (Fsp3) is 0.222. The first-order valence-electron chi connectivity index (χ1n) is 11.1. The quantitative estimate of drug-likeness (QED) is 0.234. The zero-order valence-electron chi connectivity index (χ0n) is 18.9. The first kappa shape index (κ1) is 24.1. The van der Waals surface area contributed by atoms with Crippen molar-refractivity contribution in [3.05, 3.63) is 94.0 Å². The average Bonchev–Trinajstić information content (AvgIpc) is 2.87. The second-order valence-electron chi connectivity index (χ2n) is 7.74. The molecular formula is C27H26Cl2N2O3. The number of nitrogens with zero attached hydrogens (tertiary/aromatic N) is 1. The van der Waals surface area contributed by atoms with Gasteiger partial charge in [-0.1, -0.05) is 53.5 Å². The van der Waals surface area contributed by atoms with E-state index in [1.54, 1.807) is 7.11 Å². The fourth-order valence-corrected chi connectivity index (χ4v) is 3.77. The van der Waals surface area contributed by atoms with E-state index in [4.69, 9.17) is 37.4 Å². The van der Waals surface area contributed by atoms with Gasteiger partial charge in [-0.25, -0.2) is 4.98 Å². The summed E-state index contributed by atoms with van der Waals surface area (Å²) in [4.78, 5) is 4.63. The van der Waals surface area contributed by atoms with Gasteiger partial charge < -0.3 is 19.5 Å². The molecule has 0 unspecified atom stereocenters. The Bertz CT molecular complexity index is 1230. The zero-order valence-corrected chi connectivity index (χ0v) is 20.4. The molecule has 0 spiro atoms. The molecule has 0 aliphatic heterocycles. The number of hydrogen-bond donors (Lipinski definition) is 1. The number of benzene rings is 3. The van der Waals surface area contributed by atoms with Gasteiger partial charge in [0.2, 0.25) is 5.88 Å². The summed E-state index contributed by atoms with van der Waals surface area (Å²) < 4.78 is 17.3. The van der Waals surface area contributed by atoms with Crippen LogP contribution in [0.15, 0.2) is 72.8 Å². The summed E-state index contributed by atoms with van der Waals surface area (Å²) in [7, 11) is 1.65. The number of ether oxygens (including phenoxy) is 3. The van der Waals surface area contributed by atoms with Gasteiger partial charge in [0.05, 0.1) is 29.3 Å². The van der Waals surface area contributed by atoms with Crippen LogP contribution in [0, 0.1) is 0 Å². The van der Waals surface area contributed by atoms with Crippen molar-refractivity contribution in [2.75, 3.05) is 20.3 Å². The number of aromatic nitrogens is 1. The highest BCUT2D eigenvalue weighted by atomic mass is 35.5. The molecule has 4 aromatic rings. The molecule has 7 heteroatoms. The monoisotopic (exact) mass is 496 g/mol. The van der Waals surface area contributed by atoms with E-state index in [1.165, 1.54) is 0 Å². The van der Waals surface area contributed by atoms with Gasteiger partial charge in [-0.05, 0) is 60.5 Å². The van der Waals surface area contributed by atoms with Crippen LogP contribution in [0.4, 0.5) is 0 Å². The van der Waals surface area contributed by atoms with E-state index < -0.39 is 0 Å². The van der Waals surface area contributed by atoms with E-state index in [9.17, 15) is 0 Å². The third kappa shape index (κ3) is 6.54. The van der Waals surface area contributed by atoms with Crippen LogP contribution < -0.4 is 19.5 Å². The number of halogens is 2. The van der Waals surface area contributed by atoms with Gasteiger partial charge >= 0.3 is 0 Å². The van der Waals surface area contributed by atoms with E-state index >= 15 is 0 Å². The van der Waals surface area contributed by atoms with Crippen LogP contribution in [-0.2, 0) is 13.2 Å². The lowest BCUT2D eigenvalue weighted by molar-refractivity contribution is 0.286. The molecule has 1 heterocycles. The smallest absolute Gasteiger partial charge is 0.217 e. The van der Waals surface area contributed by atoms with Crippen molar-refractivity contribution in [1.82, 2.24) is 10.3 Å². The van der Waals surface area contributed by atoms with Crippen molar-refractivity contribution in [3.8, 4) is 17.4 Å². The van der Waals surface area contributed by atoms with Crippen molar-refractivity contribution >= 4 is 34.1 Å². The van der Waals surface area contributed by atoms with Crippen molar-refractivity contribution in [2.24, 2.45) is 0 Å². The first-order valence-corrected chi connectivity index (χ1v) is 11.8. The molecule has 0 amide bonds. The van der Waals surface area contributed by atoms with Gasteiger partial charge in [0.1, 0.15) is 18.1 Å². The number of nitrogens with one attached hydrogen (secondary N) is 1. The summed E-state index contributed by atoms with van der Waals surface area (Å²) >= 11 is 12.0. The summed E-state index contributed by atoms with van der Waals surface area (Å²) in [6.07, 6.45) is 0.831. The Morgan fingerprint density at radius 2 is 1.65 bits per heavy atom. The molecule has 34 heavy (non-hydrogen) atoms. The number of para-hydroxylation sites is 1. The molecule has 1 aromatic heterocycles. The Morgan fingerprint density at radius 3 is 2.44 bits per heavy atom. The molecule has 0 aliphatic rings. The van der Waals surface area contributed by atoms with Gasteiger partial charge in [-0.3, -0.25) is 0 Å². The molecule has 5 nitrogen and oxygen atoms in total. The third-order valence-electron chi connectivity index (χ3n) is 5.27. The molecule has 0 atom stereocenters. The maximum Gasteiger partial charge on any atom is 0.217 e. The Hall–Kier alpha value is -2.99. The molecular weight excluding hydrogens is 471 g/mol. The SMILES string of the molecule is COc1ccc(COc2cc(OCCCNCc3ccc(Cl)c(Cl)c3)nc3ccccc23)cc1. The Labute approximate surface area is 209 Å². The van der Waals surface area contributed by atoms with Gasteiger partial charge in [-0.15, -0.1) is 0 Å². The molecule has 0 saturated carbocycles. The fourth-order valence-electron chi connectivity index (χ4n) is 3.45. The summed E-state index contributed by atoms with van der Waals surface area (Å²) in [5.74, 6) is 2.11. The Balaban J connectivity index is 1.31. The highest BCUT2D eigenvalue weighted by Crippen LogP contribution is 2.29. The average molecular weight is 497 g/mol. The van der Waals surface area contributed by atoms with Crippen molar-refractivity contribution in [2.45, 2.75) is 19.6 Å². The third-order valence-corrected chi connectivity index (χ3v) is 6.01. The highest BCUT2D eigenvalue weighted by Gasteiger charge is 2.09. The van der Waals surface area contributed by atoms with Crippen molar-refractivity contribution in [3.63, 3.8) is 0 Å². The van der Waals surface area contributed by atoms with E-state index in [-0.39, 0.29) is 0 Å². The van der Waals surface area contributed by atoms with Gasteiger partial charge in [-0.2, -0.15) is 0 Å². The minimum Gasteiger partial charge on any atom is -0.497 e. The van der Waals surface area contributed by atoms with E-state index in [2.05, 4.69) is 10.3 Å². The molecule has 4 rings (SSSR count). The minimum absolute atomic E-state index is 0.441. The minimum atomic E-state index is 0.441. The Morgan fingerprint density at radius 1 is 0.853 bits per heavy atom. The number of hydrogen-bond acceptors (Lipinski definition) is 5. The van der Waals surface area contributed by atoms with Gasteiger partial charge in [0.15, 0.2) is 0 Å². The lowest BCUT2D eigenvalue weighted by Gasteiger charge is -2.13. The normalized spacial score (nSPS) is 10.9. The lowest BCUT2D eigenvalue weighted by atomic mass is 10.2. The van der Waals surface area contributed by atoms with Gasteiger partial charge in [0.25, 0.3) is 0 Å². The molecule has 0 fully saturated rings. The molecule has 3 aromatic carbocycles. The van der Waals surface area contributed by atoms with Crippen LogP contribution >= 0.6 is 23.2 Å². The van der Waals surface area contributed by atoms with Crippen molar-refractivity contribution in [1.29, 1.82) is 0 Å². The number of fused-ring (bicyclic) bond motifs is 1. The van der Waals surface area contributed by atoms with Crippen LogP contribution in [-0.4, -0.2) is 25.2 Å². The molecule has 176 valence electrons. The van der Waals surface area contributed by atoms with Crippen LogP contribution in [0.5, 0.6) is 17.4 Å². The summed E-state index contributed by atoms with van der Waals surface area (Å²) in [6, 6.07) is 23.2. The molecule has 0 bridgehead atoms. The molecule has 0 saturated heterocycles. The summed E-state index contributed by atoms with van der Waals surface area (Å²) in [6.45, 7) is 2.50. The highest BCUT2D eigenvalue weighted by molar-refractivity contribution is 6.42. The molecule has 1 N–H and O–H groups in total. The lowest BCUT2D eigenvalue weighted by Crippen LogP contribution is -2.17. The van der Waals surface area contributed by atoms with Crippen LogP contribution in [0.2, 0.25) is 10.0 Å². The maximum absolute atomic E-state index is 6.14. The standard InChI is InChI=1S/C27H26Cl2N2O3/c1-32-21-10-7-19(8-11-21)18-34-26-16-27(31-25-6-3-2-5-22(25)26)33-14-4-13-30-17-20-9-12-23(28)24(29)15-20/h2-3,5-12,15-16,30H,4,13-14,17-18H2,1H3. The molecule has 0 radical (unpaired) electrons. The number of pyridine rings is 1. The number of methoxy groups -OCH3 is 1. The number of rotatable bonds is 11. The predicted molar refractivity (Wildman–Crippen MR) is 137 cm³/mol. The van der Waals surface area contributed by atoms with E-state index in [1.807, 2.05) is 72.8 Å². The largest absolute Gasteiger partial charge is 0.497 e. The molecule has 0 aliphatic carbocycles. The van der Waals surface area contributed by atoms with E-state index in [0.717, 1.165) is 46.5 Å². The maximum atomic E-state index is 6.14.